The Hall–Kier alpha value is -0.140. The molecule has 0 unspecified atom stereocenters. The third kappa shape index (κ3) is 5.27. The minimum atomic E-state index is -4.16. The summed E-state index contributed by atoms with van der Waals surface area (Å²) in [6.07, 6.45) is -4.16. The molecule has 0 atom stereocenters. The second kappa shape index (κ2) is 5.97. The average molecular weight is 317 g/mol. The smallest absolute Gasteiger partial charge is 0.288 e. The van der Waals surface area contributed by atoms with Crippen LogP contribution >= 0.6 is 27.3 Å². The number of nitrogens with zero attached hydrogens (tertiary/aromatic N) is 2. The molecule has 1 aromatic heterocycles. The van der Waals surface area contributed by atoms with Crippen LogP contribution in [0.4, 0.5) is 13.2 Å². The number of halogens is 4. The largest absolute Gasteiger partial charge is 0.401 e. The number of aryl methyl sites for hydroxylation is 1. The fraction of sp³-hybridized carbons (Fsp3) is 0.667. The first-order chi connectivity index (χ1) is 7.40. The average Bonchev–Trinajstić information content (AvgIpc) is 2.48. The van der Waals surface area contributed by atoms with Crippen LogP contribution in [0.3, 0.4) is 0 Å². The summed E-state index contributed by atoms with van der Waals surface area (Å²) in [5.41, 5.74) is 0.702. The van der Waals surface area contributed by atoms with Gasteiger partial charge in [0, 0.05) is 23.8 Å². The first-order valence-electron chi connectivity index (χ1n) is 4.67. The molecule has 0 aliphatic carbocycles. The van der Waals surface area contributed by atoms with E-state index >= 15 is 0 Å². The molecule has 7 heteroatoms. The predicted octanol–water partition coefficient (Wildman–Crippen LogP) is 3.21. The van der Waals surface area contributed by atoms with E-state index in [2.05, 4.69) is 20.9 Å². The molecule has 0 saturated heterocycles. The van der Waals surface area contributed by atoms with Gasteiger partial charge in [-0.3, -0.25) is 4.90 Å². The van der Waals surface area contributed by atoms with Crippen LogP contribution in [-0.2, 0) is 6.54 Å². The van der Waals surface area contributed by atoms with E-state index in [1.54, 1.807) is 5.38 Å². The molecule has 92 valence electrons. The highest BCUT2D eigenvalue weighted by molar-refractivity contribution is 9.09. The quantitative estimate of drug-likeness (QED) is 0.775. The van der Waals surface area contributed by atoms with Crippen molar-refractivity contribution in [2.24, 2.45) is 0 Å². The molecule has 1 aromatic rings. The maximum atomic E-state index is 12.3. The maximum Gasteiger partial charge on any atom is 0.401 e. The van der Waals surface area contributed by atoms with Crippen LogP contribution in [0.2, 0.25) is 0 Å². The Morgan fingerprint density at radius 3 is 2.62 bits per heavy atom. The molecular weight excluding hydrogens is 305 g/mol. The van der Waals surface area contributed by atoms with E-state index in [0.29, 0.717) is 17.6 Å². The van der Waals surface area contributed by atoms with Crippen molar-refractivity contribution >= 4 is 27.3 Å². The summed E-state index contributed by atoms with van der Waals surface area (Å²) in [4.78, 5) is 5.49. The van der Waals surface area contributed by atoms with Gasteiger partial charge in [-0.25, -0.2) is 4.98 Å². The third-order valence-electron chi connectivity index (χ3n) is 1.86. The molecule has 0 radical (unpaired) electrons. The lowest BCUT2D eigenvalue weighted by Crippen LogP contribution is -2.35. The second-order valence-electron chi connectivity index (χ2n) is 3.37. The van der Waals surface area contributed by atoms with Crippen LogP contribution in [0.1, 0.15) is 10.7 Å². The molecular formula is C9H12BrF3N2S. The Bertz CT molecular complexity index is 327. The van der Waals surface area contributed by atoms with E-state index in [1.807, 2.05) is 6.92 Å². The van der Waals surface area contributed by atoms with Crippen molar-refractivity contribution in [1.29, 1.82) is 0 Å². The van der Waals surface area contributed by atoms with Gasteiger partial charge in [0.1, 0.15) is 0 Å². The molecule has 16 heavy (non-hydrogen) atoms. The van der Waals surface area contributed by atoms with Crippen molar-refractivity contribution in [2.75, 3.05) is 18.4 Å². The molecule has 0 aliphatic rings. The third-order valence-corrected chi connectivity index (χ3v) is 3.03. The zero-order chi connectivity index (χ0) is 12.2. The van der Waals surface area contributed by atoms with Gasteiger partial charge in [0.15, 0.2) is 0 Å². The first-order valence-corrected chi connectivity index (χ1v) is 6.67. The van der Waals surface area contributed by atoms with Gasteiger partial charge in [-0.2, -0.15) is 13.2 Å². The summed E-state index contributed by atoms with van der Waals surface area (Å²) < 4.78 is 36.8. The SMILES string of the molecule is Cc1nc(CN(CCBr)CC(F)(F)F)cs1. The zero-order valence-electron chi connectivity index (χ0n) is 8.72. The summed E-state index contributed by atoms with van der Waals surface area (Å²) in [6, 6.07) is 0. The summed E-state index contributed by atoms with van der Waals surface area (Å²) >= 11 is 4.60. The molecule has 1 rings (SSSR count). The summed E-state index contributed by atoms with van der Waals surface area (Å²) in [5, 5.41) is 3.19. The minimum Gasteiger partial charge on any atom is -0.288 e. The number of rotatable bonds is 5. The van der Waals surface area contributed by atoms with Gasteiger partial charge in [0.2, 0.25) is 0 Å². The van der Waals surface area contributed by atoms with Crippen molar-refractivity contribution in [1.82, 2.24) is 9.88 Å². The summed E-state index contributed by atoms with van der Waals surface area (Å²) in [5.74, 6) is 0. The Labute approximate surface area is 105 Å². The normalized spacial score (nSPS) is 12.4. The van der Waals surface area contributed by atoms with Gasteiger partial charge in [-0.05, 0) is 6.92 Å². The van der Waals surface area contributed by atoms with Crippen LogP contribution in [0.25, 0.3) is 0 Å². The van der Waals surface area contributed by atoms with Crippen molar-refractivity contribution in [2.45, 2.75) is 19.6 Å². The fourth-order valence-corrected chi connectivity index (χ4v) is 2.40. The number of aromatic nitrogens is 1. The Kier molecular flexibility index (Phi) is 5.20. The Morgan fingerprint density at radius 1 is 1.50 bits per heavy atom. The van der Waals surface area contributed by atoms with Crippen LogP contribution in [0.15, 0.2) is 5.38 Å². The Morgan fingerprint density at radius 2 is 2.19 bits per heavy atom. The van der Waals surface area contributed by atoms with Gasteiger partial charge in [0.05, 0.1) is 17.2 Å². The Balaban J connectivity index is 2.57. The molecule has 0 aliphatic heterocycles. The fourth-order valence-electron chi connectivity index (χ4n) is 1.30. The summed E-state index contributed by atoms with van der Waals surface area (Å²) in [7, 11) is 0. The predicted molar refractivity (Wildman–Crippen MR) is 62.0 cm³/mol. The lowest BCUT2D eigenvalue weighted by Gasteiger charge is -2.21. The highest BCUT2D eigenvalue weighted by Gasteiger charge is 2.30. The van der Waals surface area contributed by atoms with Crippen molar-refractivity contribution < 1.29 is 13.2 Å². The standard InChI is InChI=1S/C9H12BrF3N2S/c1-7-14-8(5-16-7)4-15(3-2-10)6-9(11,12)13/h5H,2-4,6H2,1H3. The molecule has 2 nitrogen and oxygen atoms in total. The molecule has 0 fully saturated rings. The van der Waals surface area contributed by atoms with Crippen LogP contribution < -0.4 is 0 Å². The van der Waals surface area contributed by atoms with Gasteiger partial charge < -0.3 is 0 Å². The highest BCUT2D eigenvalue weighted by atomic mass is 79.9. The van der Waals surface area contributed by atoms with Gasteiger partial charge >= 0.3 is 6.18 Å². The second-order valence-corrected chi connectivity index (χ2v) is 5.23. The first kappa shape index (κ1) is 13.9. The van der Waals surface area contributed by atoms with Crippen molar-refractivity contribution in [3.63, 3.8) is 0 Å². The lowest BCUT2D eigenvalue weighted by atomic mass is 10.4. The minimum absolute atomic E-state index is 0.245. The number of hydrogen-bond donors (Lipinski definition) is 0. The molecule has 0 N–H and O–H groups in total. The van der Waals surface area contributed by atoms with E-state index in [9.17, 15) is 13.2 Å². The zero-order valence-corrected chi connectivity index (χ0v) is 11.1. The van der Waals surface area contributed by atoms with E-state index in [4.69, 9.17) is 0 Å². The van der Waals surface area contributed by atoms with Crippen molar-refractivity contribution in [3.05, 3.63) is 16.1 Å². The van der Waals surface area contributed by atoms with E-state index in [1.165, 1.54) is 16.2 Å². The number of thiazole rings is 1. The van der Waals surface area contributed by atoms with E-state index in [-0.39, 0.29) is 6.54 Å². The van der Waals surface area contributed by atoms with Gasteiger partial charge in [-0.15, -0.1) is 11.3 Å². The van der Waals surface area contributed by atoms with Crippen LogP contribution in [0, 0.1) is 6.92 Å². The number of hydrogen-bond acceptors (Lipinski definition) is 3. The topological polar surface area (TPSA) is 16.1 Å². The van der Waals surface area contributed by atoms with Crippen LogP contribution in [-0.4, -0.2) is 34.5 Å². The van der Waals surface area contributed by atoms with E-state index < -0.39 is 12.7 Å². The van der Waals surface area contributed by atoms with E-state index in [0.717, 1.165) is 5.01 Å². The number of alkyl halides is 4. The van der Waals surface area contributed by atoms with Gasteiger partial charge in [-0.1, -0.05) is 15.9 Å². The summed E-state index contributed by atoms with van der Waals surface area (Å²) in [6.45, 7) is 1.55. The van der Waals surface area contributed by atoms with Crippen LogP contribution in [0.5, 0.6) is 0 Å². The lowest BCUT2D eigenvalue weighted by molar-refractivity contribution is -0.146. The molecule has 0 aromatic carbocycles. The molecule has 0 spiro atoms. The van der Waals surface area contributed by atoms with Gasteiger partial charge in [0.25, 0.3) is 0 Å². The molecule has 0 amide bonds. The van der Waals surface area contributed by atoms with Crippen molar-refractivity contribution in [3.8, 4) is 0 Å². The molecule has 1 heterocycles. The highest BCUT2D eigenvalue weighted by Crippen LogP contribution is 2.18. The monoisotopic (exact) mass is 316 g/mol. The molecule has 0 bridgehead atoms. The maximum absolute atomic E-state index is 12.3. The molecule has 0 saturated carbocycles.